The molecule has 5 nitrogen and oxygen atoms in total. The van der Waals surface area contributed by atoms with Crippen molar-refractivity contribution in [2.75, 3.05) is 18.9 Å². The first-order valence-corrected chi connectivity index (χ1v) is 7.09. The number of thiol groups is 1. The first-order chi connectivity index (χ1) is 7.66. The Morgan fingerprint density at radius 1 is 1.31 bits per heavy atom. The van der Waals surface area contributed by atoms with Crippen molar-refractivity contribution in [1.29, 1.82) is 0 Å². The lowest BCUT2D eigenvalue weighted by atomic mass is 10.2. The predicted octanol–water partition coefficient (Wildman–Crippen LogP) is 1.65. The van der Waals surface area contributed by atoms with Crippen LogP contribution in [0.4, 0.5) is 0 Å². The Labute approximate surface area is 102 Å². The molecule has 7 heteroatoms. The number of hydrogen-bond donors (Lipinski definition) is 3. The minimum Gasteiger partial charge on any atom is -0.356 e. The maximum atomic E-state index is 11.0. The number of rotatable bonds is 10. The van der Waals surface area contributed by atoms with Gasteiger partial charge in [-0.05, 0) is 18.6 Å². The fraction of sp³-hybridized carbons (Fsp3) is 0.889. The molecule has 0 aromatic rings. The normalized spacial score (nSPS) is 11.2. The maximum absolute atomic E-state index is 11.0. The van der Waals surface area contributed by atoms with E-state index in [2.05, 4.69) is 22.5 Å². The highest BCUT2D eigenvalue weighted by Crippen LogP contribution is 2.15. The molecule has 0 aromatic heterocycles. The summed E-state index contributed by atoms with van der Waals surface area (Å²) in [5.41, 5.74) is 0. The molecule has 0 aliphatic heterocycles. The Hall–Kier alpha value is -0.160. The van der Waals surface area contributed by atoms with Crippen molar-refractivity contribution in [1.82, 2.24) is 5.32 Å². The van der Waals surface area contributed by atoms with Gasteiger partial charge in [0.15, 0.2) is 0 Å². The van der Waals surface area contributed by atoms with E-state index in [4.69, 9.17) is 4.89 Å². The van der Waals surface area contributed by atoms with Crippen LogP contribution in [0.1, 0.15) is 32.1 Å². The molecule has 0 rings (SSSR count). The number of carbonyl (C=O) groups is 1. The summed E-state index contributed by atoms with van der Waals surface area (Å²) in [4.78, 5) is 19.4. The van der Waals surface area contributed by atoms with Gasteiger partial charge in [-0.25, -0.2) is 0 Å². The third-order valence-electron chi connectivity index (χ3n) is 1.93. The van der Waals surface area contributed by atoms with E-state index < -0.39 is 8.25 Å². The summed E-state index contributed by atoms with van der Waals surface area (Å²) in [6.45, 7) is 0.999. The third-order valence-corrected chi connectivity index (χ3v) is 2.56. The molecule has 0 spiro atoms. The van der Waals surface area contributed by atoms with Crippen molar-refractivity contribution in [2.45, 2.75) is 32.1 Å². The number of carbonyl (C=O) groups excluding carboxylic acids is 1. The lowest BCUT2D eigenvalue weighted by molar-refractivity contribution is -0.120. The summed E-state index contributed by atoms with van der Waals surface area (Å²) in [6.07, 6.45) is 4.06. The summed E-state index contributed by atoms with van der Waals surface area (Å²) >= 11 is 3.96. The Morgan fingerprint density at radius 3 is 2.62 bits per heavy atom. The maximum Gasteiger partial charge on any atom is 0.694 e. The van der Waals surface area contributed by atoms with Gasteiger partial charge in [-0.1, -0.05) is 12.8 Å². The highest BCUT2D eigenvalue weighted by molar-refractivity contribution is 7.80. The van der Waals surface area contributed by atoms with E-state index in [1.54, 1.807) is 0 Å². The third kappa shape index (κ3) is 11.9. The molecular weight excluding hydrogens is 249 g/mol. The molecule has 0 radical (unpaired) electrons. The van der Waals surface area contributed by atoms with E-state index >= 15 is 0 Å². The fourth-order valence-corrected chi connectivity index (χ4v) is 1.63. The average Bonchev–Trinajstić information content (AvgIpc) is 2.22. The molecular formula is C9H19NO4PS+. The largest absolute Gasteiger partial charge is 0.694 e. The van der Waals surface area contributed by atoms with Crippen LogP contribution in [0.25, 0.3) is 0 Å². The van der Waals surface area contributed by atoms with Gasteiger partial charge in [-0.15, -0.1) is 9.42 Å². The van der Waals surface area contributed by atoms with E-state index in [9.17, 15) is 9.36 Å². The standard InChI is InChI=1S/C9H18NO4PS/c11-9(5-8-16)10-6-3-1-2-4-7-14-15(12)13/h1-8H2,(H2-,10,11,12,13,16)/p+1. The van der Waals surface area contributed by atoms with Crippen molar-refractivity contribution in [3.8, 4) is 0 Å². The molecule has 2 N–H and O–H groups in total. The minimum atomic E-state index is -2.46. The van der Waals surface area contributed by atoms with Gasteiger partial charge in [-0.3, -0.25) is 4.79 Å². The smallest absolute Gasteiger partial charge is 0.356 e. The van der Waals surface area contributed by atoms with Crippen LogP contribution in [0, 0.1) is 0 Å². The van der Waals surface area contributed by atoms with Crippen molar-refractivity contribution in [3.05, 3.63) is 0 Å². The molecule has 0 aliphatic carbocycles. The number of amides is 1. The van der Waals surface area contributed by atoms with Gasteiger partial charge < -0.3 is 5.32 Å². The van der Waals surface area contributed by atoms with Gasteiger partial charge in [0, 0.05) is 17.5 Å². The van der Waals surface area contributed by atoms with E-state index in [-0.39, 0.29) is 5.91 Å². The Bertz CT molecular complexity index is 216. The van der Waals surface area contributed by atoms with Gasteiger partial charge in [0.25, 0.3) is 0 Å². The monoisotopic (exact) mass is 268 g/mol. The van der Waals surface area contributed by atoms with Crippen molar-refractivity contribution in [3.63, 3.8) is 0 Å². The lowest BCUT2D eigenvalue weighted by Gasteiger charge is -2.03. The van der Waals surface area contributed by atoms with E-state index in [0.29, 0.717) is 25.3 Å². The molecule has 1 unspecified atom stereocenters. The summed E-state index contributed by atoms with van der Waals surface area (Å²) in [5.74, 6) is 0.610. The summed E-state index contributed by atoms with van der Waals surface area (Å²) < 4.78 is 14.6. The summed E-state index contributed by atoms with van der Waals surface area (Å²) in [5, 5.41) is 2.79. The first-order valence-electron chi connectivity index (χ1n) is 5.33. The molecule has 0 fully saturated rings. The van der Waals surface area contributed by atoms with Gasteiger partial charge in [-0.2, -0.15) is 12.6 Å². The SMILES string of the molecule is O=C(CCS)NCCCCCCO[P+](=O)O. The van der Waals surface area contributed by atoms with Crippen LogP contribution >= 0.6 is 20.9 Å². The van der Waals surface area contributed by atoms with Crippen LogP contribution in [-0.4, -0.2) is 29.7 Å². The van der Waals surface area contributed by atoms with Crippen LogP contribution in [-0.2, 0) is 13.9 Å². The average molecular weight is 268 g/mol. The second-order valence-corrected chi connectivity index (χ2v) is 4.49. The van der Waals surface area contributed by atoms with E-state index in [0.717, 1.165) is 25.7 Å². The Balaban J connectivity index is 3.09. The van der Waals surface area contributed by atoms with Gasteiger partial charge >= 0.3 is 8.25 Å². The number of unbranched alkanes of at least 4 members (excludes halogenated alkanes) is 3. The van der Waals surface area contributed by atoms with Crippen LogP contribution in [0.15, 0.2) is 0 Å². The molecule has 0 bridgehead atoms. The lowest BCUT2D eigenvalue weighted by Crippen LogP contribution is -2.24. The zero-order valence-electron chi connectivity index (χ0n) is 9.22. The van der Waals surface area contributed by atoms with Crippen LogP contribution in [0.2, 0.25) is 0 Å². The van der Waals surface area contributed by atoms with E-state index in [1.165, 1.54) is 0 Å². The molecule has 1 atom stereocenters. The Morgan fingerprint density at radius 2 is 2.00 bits per heavy atom. The molecule has 94 valence electrons. The zero-order valence-corrected chi connectivity index (χ0v) is 11.0. The summed E-state index contributed by atoms with van der Waals surface area (Å²) in [6, 6.07) is 0. The highest BCUT2D eigenvalue weighted by Gasteiger charge is 2.09. The molecule has 0 saturated heterocycles. The van der Waals surface area contributed by atoms with Crippen molar-refractivity contribution in [2.24, 2.45) is 0 Å². The molecule has 1 amide bonds. The van der Waals surface area contributed by atoms with Crippen LogP contribution < -0.4 is 5.32 Å². The second-order valence-electron chi connectivity index (χ2n) is 3.31. The van der Waals surface area contributed by atoms with Gasteiger partial charge in [0.05, 0.1) is 0 Å². The topological polar surface area (TPSA) is 75.6 Å². The van der Waals surface area contributed by atoms with Gasteiger partial charge in [0.2, 0.25) is 5.91 Å². The molecule has 0 saturated carbocycles. The molecule has 0 aliphatic rings. The van der Waals surface area contributed by atoms with Crippen molar-refractivity contribution < 1.29 is 18.8 Å². The van der Waals surface area contributed by atoms with Gasteiger partial charge in [0.1, 0.15) is 6.61 Å². The quantitative estimate of drug-likeness (QED) is 0.320. The van der Waals surface area contributed by atoms with Crippen LogP contribution in [0.5, 0.6) is 0 Å². The molecule has 0 aromatic carbocycles. The fourth-order valence-electron chi connectivity index (χ4n) is 1.14. The second kappa shape index (κ2) is 11.3. The number of nitrogens with one attached hydrogen (secondary N) is 1. The molecule has 0 heterocycles. The number of hydrogen-bond acceptors (Lipinski definition) is 4. The molecule has 16 heavy (non-hydrogen) atoms. The predicted molar refractivity (Wildman–Crippen MR) is 65.7 cm³/mol. The van der Waals surface area contributed by atoms with Crippen molar-refractivity contribution >= 4 is 26.8 Å². The summed E-state index contributed by atoms with van der Waals surface area (Å²) in [7, 11) is -2.46. The highest BCUT2D eigenvalue weighted by atomic mass is 32.1. The van der Waals surface area contributed by atoms with E-state index in [1.807, 2.05) is 0 Å². The minimum absolute atomic E-state index is 0.0376. The first kappa shape index (κ1) is 15.8. The zero-order chi connectivity index (χ0) is 12.2. The van der Waals surface area contributed by atoms with Crippen LogP contribution in [0.3, 0.4) is 0 Å². The Kier molecular flexibility index (Phi) is 11.2.